The highest BCUT2D eigenvalue weighted by Gasteiger charge is 1.77. The molecule has 0 atom stereocenters. The Morgan fingerprint density at radius 3 is 1.89 bits per heavy atom. The summed E-state index contributed by atoms with van der Waals surface area (Å²) in [6.45, 7) is 4.00. The summed E-state index contributed by atoms with van der Waals surface area (Å²) < 4.78 is 0. The fourth-order valence-electron chi connectivity index (χ4n) is 0.291. The highest BCUT2D eigenvalue weighted by atomic mass is 16.3. The summed E-state index contributed by atoms with van der Waals surface area (Å²) in [6, 6.07) is 0. The van der Waals surface area contributed by atoms with Gasteiger partial charge in [0.15, 0.2) is 5.75 Å². The van der Waals surface area contributed by atoms with Crippen LogP contribution in [0.5, 0.6) is 5.75 Å². The van der Waals surface area contributed by atoms with Crippen LogP contribution in [-0.2, 0) is 0 Å². The van der Waals surface area contributed by atoms with Crippen LogP contribution < -0.4 is 0 Å². The van der Waals surface area contributed by atoms with Crippen LogP contribution in [0.4, 0.5) is 0 Å². The quantitative estimate of drug-likeness (QED) is 0.568. The van der Waals surface area contributed by atoms with Gasteiger partial charge in [0, 0.05) is 0 Å². The van der Waals surface area contributed by atoms with E-state index in [9.17, 15) is 0 Å². The van der Waals surface area contributed by atoms with Gasteiger partial charge < -0.3 is 5.11 Å². The van der Waals surface area contributed by atoms with Crippen molar-refractivity contribution in [3.8, 4) is 5.75 Å². The van der Waals surface area contributed by atoms with Crippen LogP contribution in [0.3, 0.4) is 0 Å². The normalized spacial score (nSPS) is 7.33. The van der Waals surface area contributed by atoms with E-state index in [1.165, 1.54) is 18.7 Å². The van der Waals surface area contributed by atoms with Crippen LogP contribution in [0.2, 0.25) is 0 Å². The molecule has 50 valence electrons. The molecule has 1 aromatic heterocycles. The van der Waals surface area contributed by atoms with E-state index in [0.29, 0.717) is 0 Å². The molecule has 0 fully saturated rings. The molecule has 0 aliphatic rings. The van der Waals surface area contributed by atoms with Gasteiger partial charge in [-0.05, 0) is 0 Å². The zero-order valence-corrected chi connectivity index (χ0v) is 5.57. The SMILES string of the molecule is CC.Oc1cncnc1. The van der Waals surface area contributed by atoms with Crippen molar-refractivity contribution in [2.24, 2.45) is 0 Å². The van der Waals surface area contributed by atoms with Gasteiger partial charge in [-0.1, -0.05) is 13.8 Å². The molecular weight excluding hydrogens is 116 g/mol. The lowest BCUT2D eigenvalue weighted by Gasteiger charge is -1.81. The summed E-state index contributed by atoms with van der Waals surface area (Å²) in [6.07, 6.45) is 4.01. The van der Waals surface area contributed by atoms with Gasteiger partial charge >= 0.3 is 0 Å². The molecule has 1 aromatic rings. The summed E-state index contributed by atoms with van der Waals surface area (Å²) in [5, 5.41) is 8.51. The lowest BCUT2D eigenvalue weighted by atomic mass is 10.6. The van der Waals surface area contributed by atoms with Gasteiger partial charge in [0.1, 0.15) is 6.33 Å². The number of aromatic hydroxyl groups is 1. The predicted molar refractivity (Wildman–Crippen MR) is 35.0 cm³/mol. The molecule has 1 N–H and O–H groups in total. The molecular formula is C6H10N2O. The minimum Gasteiger partial charge on any atom is -0.505 e. The maximum absolute atomic E-state index is 8.51. The second-order valence-electron chi connectivity index (χ2n) is 1.10. The molecule has 1 heterocycles. The molecule has 0 aromatic carbocycles. The van der Waals surface area contributed by atoms with E-state index in [0.717, 1.165) is 0 Å². The van der Waals surface area contributed by atoms with Crippen molar-refractivity contribution < 1.29 is 5.11 Å². The molecule has 0 spiro atoms. The fourth-order valence-corrected chi connectivity index (χ4v) is 0.291. The van der Waals surface area contributed by atoms with Gasteiger partial charge in [0.2, 0.25) is 0 Å². The molecule has 1 rings (SSSR count). The van der Waals surface area contributed by atoms with Crippen molar-refractivity contribution in [3.05, 3.63) is 18.7 Å². The molecule has 0 amide bonds. The average molecular weight is 126 g/mol. The second kappa shape index (κ2) is 5.03. The zero-order valence-electron chi connectivity index (χ0n) is 5.57. The van der Waals surface area contributed by atoms with Crippen molar-refractivity contribution in [1.82, 2.24) is 9.97 Å². The first-order valence-corrected chi connectivity index (χ1v) is 2.83. The lowest BCUT2D eigenvalue weighted by molar-refractivity contribution is 0.469. The Labute approximate surface area is 54.4 Å². The topological polar surface area (TPSA) is 46.0 Å². The third-order valence-corrected chi connectivity index (χ3v) is 0.547. The van der Waals surface area contributed by atoms with E-state index in [4.69, 9.17) is 5.11 Å². The molecule has 0 saturated carbocycles. The number of hydrogen-bond donors (Lipinski definition) is 1. The summed E-state index contributed by atoms with van der Waals surface area (Å²) >= 11 is 0. The minimum absolute atomic E-state index is 0.0995. The Kier molecular flexibility index (Phi) is 4.40. The summed E-state index contributed by atoms with van der Waals surface area (Å²) in [5.74, 6) is 0.0995. The molecule has 3 nitrogen and oxygen atoms in total. The Balaban J connectivity index is 0.000000291. The van der Waals surface area contributed by atoms with Gasteiger partial charge in [0.25, 0.3) is 0 Å². The Bertz CT molecular complexity index is 141. The van der Waals surface area contributed by atoms with Crippen LogP contribution >= 0.6 is 0 Å². The molecule has 0 bridgehead atoms. The summed E-state index contributed by atoms with van der Waals surface area (Å²) in [7, 11) is 0. The molecule has 0 radical (unpaired) electrons. The van der Waals surface area contributed by atoms with Crippen LogP contribution in [0.1, 0.15) is 13.8 Å². The molecule has 0 aliphatic carbocycles. The van der Waals surface area contributed by atoms with E-state index in [1.54, 1.807) is 0 Å². The monoisotopic (exact) mass is 126 g/mol. The first kappa shape index (κ1) is 7.88. The van der Waals surface area contributed by atoms with Crippen molar-refractivity contribution in [2.75, 3.05) is 0 Å². The second-order valence-corrected chi connectivity index (χ2v) is 1.10. The number of aromatic nitrogens is 2. The smallest absolute Gasteiger partial charge is 0.152 e. The first-order chi connectivity index (χ1) is 4.39. The van der Waals surface area contributed by atoms with E-state index in [2.05, 4.69) is 9.97 Å². The molecule has 9 heavy (non-hydrogen) atoms. The molecule has 0 aliphatic heterocycles. The fraction of sp³-hybridized carbons (Fsp3) is 0.333. The van der Waals surface area contributed by atoms with Gasteiger partial charge in [-0.15, -0.1) is 0 Å². The molecule has 0 unspecified atom stereocenters. The number of hydrogen-bond acceptors (Lipinski definition) is 3. The number of nitrogens with zero attached hydrogens (tertiary/aromatic N) is 2. The number of rotatable bonds is 0. The maximum atomic E-state index is 8.51. The lowest BCUT2D eigenvalue weighted by Crippen LogP contribution is -1.70. The van der Waals surface area contributed by atoms with Gasteiger partial charge in [-0.2, -0.15) is 0 Å². The summed E-state index contributed by atoms with van der Waals surface area (Å²) in [5.41, 5.74) is 0. The predicted octanol–water partition coefficient (Wildman–Crippen LogP) is 1.21. The summed E-state index contributed by atoms with van der Waals surface area (Å²) in [4.78, 5) is 7.05. The van der Waals surface area contributed by atoms with Gasteiger partial charge in [-0.25, -0.2) is 9.97 Å². The van der Waals surface area contributed by atoms with Crippen molar-refractivity contribution in [3.63, 3.8) is 0 Å². The van der Waals surface area contributed by atoms with Crippen molar-refractivity contribution in [2.45, 2.75) is 13.8 Å². The van der Waals surface area contributed by atoms with Crippen molar-refractivity contribution in [1.29, 1.82) is 0 Å². The highest BCUT2D eigenvalue weighted by molar-refractivity contribution is 5.06. The Morgan fingerprint density at radius 2 is 1.67 bits per heavy atom. The van der Waals surface area contributed by atoms with Crippen molar-refractivity contribution >= 4 is 0 Å². The third-order valence-electron chi connectivity index (χ3n) is 0.547. The maximum Gasteiger partial charge on any atom is 0.152 e. The van der Waals surface area contributed by atoms with E-state index in [-0.39, 0.29) is 5.75 Å². The third kappa shape index (κ3) is 3.46. The molecule has 0 saturated heterocycles. The average Bonchev–Trinajstić information content (AvgIpc) is 1.94. The largest absolute Gasteiger partial charge is 0.505 e. The van der Waals surface area contributed by atoms with E-state index < -0.39 is 0 Å². The standard InChI is InChI=1S/C4H4N2O.C2H6/c7-4-1-5-3-6-2-4;1-2/h1-3,7H;1-2H3. The van der Waals surface area contributed by atoms with Crippen LogP contribution in [0.25, 0.3) is 0 Å². The van der Waals surface area contributed by atoms with E-state index in [1.807, 2.05) is 13.8 Å². The van der Waals surface area contributed by atoms with Crippen LogP contribution in [-0.4, -0.2) is 15.1 Å². The zero-order chi connectivity index (χ0) is 7.11. The Hall–Kier alpha value is -1.12. The van der Waals surface area contributed by atoms with Gasteiger partial charge in [-0.3, -0.25) is 0 Å². The van der Waals surface area contributed by atoms with Crippen LogP contribution in [0, 0.1) is 0 Å². The van der Waals surface area contributed by atoms with Crippen LogP contribution in [0.15, 0.2) is 18.7 Å². The molecule has 3 heteroatoms. The highest BCUT2D eigenvalue weighted by Crippen LogP contribution is 1.96. The first-order valence-electron chi connectivity index (χ1n) is 2.83. The van der Waals surface area contributed by atoms with Gasteiger partial charge in [0.05, 0.1) is 12.4 Å². The minimum atomic E-state index is 0.0995. The Morgan fingerprint density at radius 1 is 1.22 bits per heavy atom. The van der Waals surface area contributed by atoms with E-state index >= 15 is 0 Å².